The molecule has 1 N–H and O–H groups in total. The maximum Gasteiger partial charge on any atom is 0.135 e. The average Bonchev–Trinajstić information content (AvgIpc) is 2.29. The highest BCUT2D eigenvalue weighted by Crippen LogP contribution is 2.12. The summed E-state index contributed by atoms with van der Waals surface area (Å²) in [6.07, 6.45) is 3.40. The second kappa shape index (κ2) is 10.7. The molecule has 0 fully saturated rings. The third kappa shape index (κ3) is 9.71. The van der Waals surface area contributed by atoms with Crippen molar-refractivity contribution < 1.29 is 9.66 Å². The first-order valence-corrected chi connectivity index (χ1v) is 7.50. The van der Waals surface area contributed by atoms with Gasteiger partial charge in [-0.1, -0.05) is 30.9 Å². The second-order valence-corrected chi connectivity index (χ2v) is 6.00. The first-order valence-electron chi connectivity index (χ1n) is 4.68. The van der Waals surface area contributed by atoms with E-state index in [1.807, 2.05) is 6.07 Å². The van der Waals surface area contributed by atoms with E-state index in [2.05, 4.69) is 13.2 Å². The van der Waals surface area contributed by atoms with E-state index in [0.717, 1.165) is 5.75 Å². The lowest BCUT2D eigenvalue weighted by Gasteiger charge is -2.02. The SMILES string of the molecule is C=CCS[S+]([O-])CC=C.Oc1ccccc1. The van der Waals surface area contributed by atoms with Gasteiger partial charge in [0, 0.05) is 10.2 Å². The first-order chi connectivity index (χ1) is 7.70. The molecule has 0 aliphatic rings. The monoisotopic (exact) mass is 256 g/mol. The van der Waals surface area contributed by atoms with Crippen molar-refractivity contribution in [2.75, 3.05) is 11.5 Å². The molecule has 4 heteroatoms. The fourth-order valence-electron chi connectivity index (χ4n) is 0.696. The summed E-state index contributed by atoms with van der Waals surface area (Å²) in [5, 5.41) is 8.63. The van der Waals surface area contributed by atoms with Gasteiger partial charge in [0.25, 0.3) is 0 Å². The van der Waals surface area contributed by atoms with Gasteiger partial charge in [-0.05, 0) is 18.2 Å². The molecule has 0 bridgehead atoms. The number of hydrogen-bond donors (Lipinski definition) is 1. The van der Waals surface area contributed by atoms with Gasteiger partial charge in [-0.2, -0.15) is 0 Å². The summed E-state index contributed by atoms with van der Waals surface area (Å²) in [7, 11) is 0.591. The van der Waals surface area contributed by atoms with E-state index in [9.17, 15) is 4.55 Å². The lowest BCUT2D eigenvalue weighted by Crippen LogP contribution is -1.97. The zero-order valence-corrected chi connectivity index (χ0v) is 10.7. The van der Waals surface area contributed by atoms with Gasteiger partial charge in [0.2, 0.25) is 0 Å². The van der Waals surface area contributed by atoms with E-state index in [0.29, 0.717) is 11.5 Å². The Morgan fingerprint density at radius 1 is 1.25 bits per heavy atom. The van der Waals surface area contributed by atoms with Crippen LogP contribution in [0.5, 0.6) is 5.75 Å². The molecule has 0 saturated carbocycles. The van der Waals surface area contributed by atoms with Gasteiger partial charge in [-0.15, -0.1) is 6.58 Å². The van der Waals surface area contributed by atoms with E-state index in [1.54, 1.807) is 36.4 Å². The Morgan fingerprint density at radius 2 is 1.88 bits per heavy atom. The van der Waals surface area contributed by atoms with Crippen LogP contribution in [0, 0.1) is 0 Å². The van der Waals surface area contributed by atoms with Crippen LogP contribution in [0.2, 0.25) is 0 Å². The van der Waals surface area contributed by atoms with Crippen LogP contribution in [0.3, 0.4) is 0 Å². The van der Waals surface area contributed by atoms with Crippen LogP contribution in [0.25, 0.3) is 0 Å². The molecule has 0 amide bonds. The summed E-state index contributed by atoms with van der Waals surface area (Å²) in [6.45, 7) is 6.99. The molecule has 0 saturated heterocycles. The number of rotatable bonds is 5. The van der Waals surface area contributed by atoms with E-state index < -0.39 is 10.2 Å². The van der Waals surface area contributed by atoms with Crippen LogP contribution in [0.15, 0.2) is 55.6 Å². The van der Waals surface area contributed by atoms with Crippen LogP contribution in [-0.2, 0) is 10.2 Å². The van der Waals surface area contributed by atoms with Crippen molar-refractivity contribution in [1.82, 2.24) is 0 Å². The van der Waals surface area contributed by atoms with Gasteiger partial charge in [0.1, 0.15) is 11.5 Å². The summed E-state index contributed by atoms with van der Waals surface area (Å²) >= 11 is 0. The summed E-state index contributed by atoms with van der Waals surface area (Å²) in [5.41, 5.74) is 0. The minimum atomic E-state index is -0.793. The van der Waals surface area contributed by atoms with Gasteiger partial charge in [0.05, 0.1) is 16.5 Å². The van der Waals surface area contributed by atoms with E-state index in [4.69, 9.17) is 5.11 Å². The molecule has 0 radical (unpaired) electrons. The zero-order valence-electron chi connectivity index (χ0n) is 9.04. The summed E-state index contributed by atoms with van der Waals surface area (Å²) in [6, 6.07) is 8.71. The fourth-order valence-corrected chi connectivity index (χ4v) is 2.55. The van der Waals surface area contributed by atoms with Gasteiger partial charge in [-0.3, -0.25) is 0 Å². The quantitative estimate of drug-likeness (QED) is 0.500. The van der Waals surface area contributed by atoms with Crippen molar-refractivity contribution in [3.63, 3.8) is 0 Å². The van der Waals surface area contributed by atoms with Crippen molar-refractivity contribution in [3.05, 3.63) is 55.6 Å². The van der Waals surface area contributed by atoms with Crippen molar-refractivity contribution in [2.24, 2.45) is 0 Å². The standard InChI is InChI=1S/C6H10OS2.C6H6O/c1-3-5-8-9(7)6-4-2;7-6-4-2-1-3-5-6/h3-4H,1-2,5-6H2;1-5,7H. The van der Waals surface area contributed by atoms with Crippen molar-refractivity contribution >= 4 is 21.0 Å². The van der Waals surface area contributed by atoms with Crippen molar-refractivity contribution in [1.29, 1.82) is 0 Å². The molecular weight excluding hydrogens is 240 g/mol. The number of para-hydroxylation sites is 1. The number of phenols is 1. The van der Waals surface area contributed by atoms with Crippen LogP contribution in [-0.4, -0.2) is 21.2 Å². The highest BCUT2D eigenvalue weighted by Gasteiger charge is 2.01. The lowest BCUT2D eigenvalue weighted by atomic mass is 10.3. The smallest absolute Gasteiger partial charge is 0.135 e. The summed E-state index contributed by atoms with van der Waals surface area (Å²) in [5.74, 6) is 1.64. The van der Waals surface area contributed by atoms with Crippen LogP contribution in [0.1, 0.15) is 0 Å². The zero-order chi connectivity index (χ0) is 12.2. The Bertz CT molecular complexity index is 288. The van der Waals surface area contributed by atoms with Gasteiger partial charge in [0.15, 0.2) is 0 Å². The third-order valence-electron chi connectivity index (χ3n) is 1.33. The molecule has 88 valence electrons. The maximum absolute atomic E-state index is 10.8. The van der Waals surface area contributed by atoms with E-state index in [-0.39, 0.29) is 0 Å². The molecule has 2 nitrogen and oxygen atoms in total. The van der Waals surface area contributed by atoms with Crippen LogP contribution >= 0.6 is 10.8 Å². The van der Waals surface area contributed by atoms with Crippen molar-refractivity contribution in [2.45, 2.75) is 0 Å². The number of aromatic hydroxyl groups is 1. The molecule has 1 unspecified atom stereocenters. The normalized spacial score (nSPS) is 10.8. The Balaban J connectivity index is 0.000000288. The molecule has 0 spiro atoms. The predicted molar refractivity (Wildman–Crippen MR) is 74.0 cm³/mol. The third-order valence-corrected chi connectivity index (χ3v) is 4.08. The minimum Gasteiger partial charge on any atom is -0.605 e. The van der Waals surface area contributed by atoms with Crippen molar-refractivity contribution in [3.8, 4) is 5.75 Å². The molecular formula is C12H16O2S2. The van der Waals surface area contributed by atoms with Crippen LogP contribution < -0.4 is 0 Å². The first kappa shape index (κ1) is 15.2. The Morgan fingerprint density at radius 3 is 2.25 bits per heavy atom. The number of phenolic OH excluding ortho intramolecular Hbond substituents is 1. The molecule has 1 rings (SSSR count). The van der Waals surface area contributed by atoms with Gasteiger partial charge in [-0.25, -0.2) is 0 Å². The molecule has 1 aromatic rings. The molecule has 1 atom stereocenters. The van der Waals surface area contributed by atoms with Crippen LogP contribution in [0.4, 0.5) is 0 Å². The molecule has 16 heavy (non-hydrogen) atoms. The minimum absolute atomic E-state index is 0.322. The topological polar surface area (TPSA) is 43.3 Å². The number of benzene rings is 1. The van der Waals surface area contributed by atoms with Gasteiger partial charge >= 0.3 is 0 Å². The molecule has 0 aromatic heterocycles. The fraction of sp³-hybridized carbons (Fsp3) is 0.167. The largest absolute Gasteiger partial charge is 0.605 e. The maximum atomic E-state index is 10.8. The van der Waals surface area contributed by atoms with Gasteiger partial charge < -0.3 is 9.66 Å². The molecule has 0 aliphatic carbocycles. The highest BCUT2D eigenvalue weighted by atomic mass is 33.1. The predicted octanol–water partition coefficient (Wildman–Crippen LogP) is 3.15. The average molecular weight is 256 g/mol. The second-order valence-electron chi connectivity index (χ2n) is 2.67. The summed E-state index contributed by atoms with van der Waals surface area (Å²) < 4.78 is 10.8. The molecule has 1 aromatic carbocycles. The Hall–Kier alpha value is -0.840. The highest BCUT2D eigenvalue weighted by molar-refractivity contribution is 8.72. The summed E-state index contributed by atoms with van der Waals surface area (Å²) in [4.78, 5) is 0. The van der Waals surface area contributed by atoms with E-state index >= 15 is 0 Å². The molecule has 0 aliphatic heterocycles. The van der Waals surface area contributed by atoms with E-state index in [1.165, 1.54) is 10.8 Å². The lowest BCUT2D eigenvalue weighted by molar-refractivity contribution is 0.475. The Labute approximate surface area is 104 Å². The molecule has 0 heterocycles. The Kier molecular flexibility index (Phi) is 10.1. The number of hydrogen-bond acceptors (Lipinski definition) is 3.